The summed E-state index contributed by atoms with van der Waals surface area (Å²) in [6, 6.07) is 3.20. The Kier molecular flexibility index (Phi) is 2.90. The third-order valence-electron chi connectivity index (χ3n) is 2.19. The third kappa shape index (κ3) is 2.28. The van der Waals surface area contributed by atoms with Crippen LogP contribution >= 0.6 is 15.9 Å². The molecule has 3 nitrogen and oxygen atoms in total. The first-order valence-electron chi connectivity index (χ1n) is 4.68. The summed E-state index contributed by atoms with van der Waals surface area (Å²) in [5, 5.41) is 6.13. The minimum absolute atomic E-state index is 0.276. The Hall–Kier alpha value is -1.10. The zero-order chi connectivity index (χ0) is 10.8. The molecule has 0 unspecified atom stereocenters. The fourth-order valence-corrected chi connectivity index (χ4v) is 1.85. The van der Waals surface area contributed by atoms with Gasteiger partial charge in [-0.1, -0.05) is 0 Å². The number of rotatable bonds is 1. The molecule has 5 heteroatoms. The Bertz CT molecular complexity index is 417. The summed E-state index contributed by atoms with van der Waals surface area (Å²) in [7, 11) is 0. The van der Waals surface area contributed by atoms with Crippen molar-refractivity contribution in [2.75, 3.05) is 18.4 Å². The van der Waals surface area contributed by atoms with Crippen LogP contribution in [0.3, 0.4) is 0 Å². The van der Waals surface area contributed by atoms with Crippen LogP contribution in [-0.2, 0) is 0 Å². The van der Waals surface area contributed by atoms with Gasteiger partial charge in [-0.3, -0.25) is 4.99 Å². The number of nitrogens with one attached hydrogen (secondary N) is 2. The van der Waals surface area contributed by atoms with Gasteiger partial charge in [-0.25, -0.2) is 4.39 Å². The van der Waals surface area contributed by atoms with Gasteiger partial charge in [0.15, 0.2) is 5.96 Å². The van der Waals surface area contributed by atoms with Gasteiger partial charge in [0.05, 0.1) is 11.0 Å². The highest BCUT2D eigenvalue weighted by molar-refractivity contribution is 9.10. The second kappa shape index (κ2) is 4.18. The molecule has 1 aromatic rings. The van der Waals surface area contributed by atoms with Gasteiger partial charge in [-0.15, -0.1) is 0 Å². The van der Waals surface area contributed by atoms with Gasteiger partial charge in [-0.2, -0.15) is 0 Å². The van der Waals surface area contributed by atoms with Crippen molar-refractivity contribution in [2.45, 2.75) is 6.92 Å². The number of anilines is 1. The molecule has 80 valence electrons. The highest BCUT2D eigenvalue weighted by Gasteiger charge is 2.09. The van der Waals surface area contributed by atoms with Crippen LogP contribution in [-0.4, -0.2) is 19.0 Å². The number of halogens is 2. The molecular formula is C10H11BrFN3. The molecule has 0 spiro atoms. The molecule has 1 aliphatic rings. The monoisotopic (exact) mass is 271 g/mol. The van der Waals surface area contributed by atoms with Crippen LogP contribution in [0, 0.1) is 12.7 Å². The van der Waals surface area contributed by atoms with Gasteiger partial charge in [0, 0.05) is 12.2 Å². The van der Waals surface area contributed by atoms with E-state index in [1.165, 1.54) is 6.07 Å². The van der Waals surface area contributed by atoms with Crippen molar-refractivity contribution in [3.8, 4) is 0 Å². The summed E-state index contributed by atoms with van der Waals surface area (Å²) >= 11 is 3.14. The van der Waals surface area contributed by atoms with E-state index in [4.69, 9.17) is 0 Å². The Morgan fingerprint density at radius 2 is 2.33 bits per heavy atom. The molecule has 0 aliphatic carbocycles. The number of aliphatic imine (C=N–C) groups is 1. The van der Waals surface area contributed by atoms with Crippen molar-refractivity contribution in [2.24, 2.45) is 4.99 Å². The first kappa shape index (κ1) is 10.4. The minimum atomic E-state index is -0.276. The molecule has 2 N–H and O–H groups in total. The maximum Gasteiger partial charge on any atom is 0.195 e. The minimum Gasteiger partial charge on any atom is -0.354 e. The molecular weight excluding hydrogens is 261 g/mol. The van der Waals surface area contributed by atoms with E-state index in [0.29, 0.717) is 10.4 Å². The maximum atomic E-state index is 13.3. The zero-order valence-electron chi connectivity index (χ0n) is 8.27. The average molecular weight is 272 g/mol. The van der Waals surface area contributed by atoms with E-state index in [9.17, 15) is 4.39 Å². The SMILES string of the molecule is Cc1cc(Br)c(F)cc1NC1=NCCN1. The number of hydrogen-bond donors (Lipinski definition) is 2. The van der Waals surface area contributed by atoms with Crippen molar-refractivity contribution < 1.29 is 4.39 Å². The molecule has 1 aromatic carbocycles. The highest BCUT2D eigenvalue weighted by Crippen LogP contribution is 2.23. The molecule has 2 rings (SSSR count). The van der Waals surface area contributed by atoms with Crippen molar-refractivity contribution >= 4 is 27.6 Å². The largest absolute Gasteiger partial charge is 0.354 e. The predicted molar refractivity (Wildman–Crippen MR) is 62.8 cm³/mol. The van der Waals surface area contributed by atoms with Crippen LogP contribution in [0.5, 0.6) is 0 Å². The fourth-order valence-electron chi connectivity index (χ4n) is 1.39. The average Bonchev–Trinajstić information content (AvgIpc) is 2.67. The van der Waals surface area contributed by atoms with E-state index in [1.54, 1.807) is 6.07 Å². The molecule has 0 fully saturated rings. The van der Waals surface area contributed by atoms with Crippen LogP contribution in [0.25, 0.3) is 0 Å². The highest BCUT2D eigenvalue weighted by atomic mass is 79.9. The second-order valence-corrected chi connectivity index (χ2v) is 4.22. The zero-order valence-corrected chi connectivity index (χ0v) is 9.86. The number of guanidine groups is 1. The summed E-state index contributed by atoms with van der Waals surface area (Å²) in [6.07, 6.45) is 0. The lowest BCUT2D eigenvalue weighted by Gasteiger charge is -2.10. The van der Waals surface area contributed by atoms with Crippen molar-refractivity contribution in [3.63, 3.8) is 0 Å². The molecule has 0 aromatic heterocycles. The Morgan fingerprint density at radius 3 is 3.00 bits per heavy atom. The van der Waals surface area contributed by atoms with Crippen LogP contribution in [0.1, 0.15) is 5.56 Å². The summed E-state index contributed by atoms with van der Waals surface area (Å²) < 4.78 is 13.8. The second-order valence-electron chi connectivity index (χ2n) is 3.36. The van der Waals surface area contributed by atoms with Crippen LogP contribution in [0.15, 0.2) is 21.6 Å². The van der Waals surface area contributed by atoms with Gasteiger partial charge < -0.3 is 10.6 Å². The number of benzene rings is 1. The Labute approximate surface area is 95.9 Å². The van der Waals surface area contributed by atoms with Gasteiger partial charge in [-0.05, 0) is 40.5 Å². The van der Waals surface area contributed by atoms with Crippen LogP contribution in [0.2, 0.25) is 0 Å². The molecule has 0 bridgehead atoms. The summed E-state index contributed by atoms with van der Waals surface area (Å²) in [5.74, 6) is 0.432. The molecule has 1 aliphatic heterocycles. The first-order chi connectivity index (χ1) is 7.16. The first-order valence-corrected chi connectivity index (χ1v) is 5.47. The lowest BCUT2D eigenvalue weighted by Crippen LogP contribution is -2.26. The van der Waals surface area contributed by atoms with E-state index in [2.05, 4.69) is 31.6 Å². The molecule has 1 heterocycles. The molecule has 0 amide bonds. The standard InChI is InChI=1S/C10H11BrFN3/c1-6-4-7(11)8(12)5-9(6)15-10-13-2-3-14-10/h4-5H,2-3H2,1H3,(H2,13,14,15). The Balaban J connectivity index is 2.24. The summed E-state index contributed by atoms with van der Waals surface area (Å²) in [4.78, 5) is 4.18. The summed E-state index contributed by atoms with van der Waals surface area (Å²) in [6.45, 7) is 3.52. The van der Waals surface area contributed by atoms with E-state index in [0.717, 1.165) is 24.3 Å². The van der Waals surface area contributed by atoms with Crippen molar-refractivity contribution in [3.05, 3.63) is 28.0 Å². The quantitative estimate of drug-likeness (QED) is 0.822. The third-order valence-corrected chi connectivity index (χ3v) is 2.80. The predicted octanol–water partition coefficient (Wildman–Crippen LogP) is 2.27. The topological polar surface area (TPSA) is 36.4 Å². The molecule has 0 radical (unpaired) electrons. The summed E-state index contributed by atoms with van der Waals surface area (Å²) in [5.41, 5.74) is 1.71. The number of hydrogen-bond acceptors (Lipinski definition) is 3. The molecule has 0 atom stereocenters. The van der Waals surface area contributed by atoms with Crippen molar-refractivity contribution in [1.82, 2.24) is 5.32 Å². The fraction of sp³-hybridized carbons (Fsp3) is 0.300. The van der Waals surface area contributed by atoms with Gasteiger partial charge in [0.25, 0.3) is 0 Å². The smallest absolute Gasteiger partial charge is 0.195 e. The lowest BCUT2D eigenvalue weighted by atomic mass is 10.2. The number of nitrogens with zero attached hydrogens (tertiary/aromatic N) is 1. The number of aryl methyl sites for hydroxylation is 1. The Morgan fingerprint density at radius 1 is 1.53 bits per heavy atom. The van der Waals surface area contributed by atoms with E-state index in [-0.39, 0.29) is 5.82 Å². The normalized spacial score (nSPS) is 14.7. The van der Waals surface area contributed by atoms with Crippen molar-refractivity contribution in [1.29, 1.82) is 0 Å². The van der Waals surface area contributed by atoms with Gasteiger partial charge in [0.1, 0.15) is 5.82 Å². The van der Waals surface area contributed by atoms with Crippen LogP contribution < -0.4 is 10.6 Å². The van der Waals surface area contributed by atoms with E-state index in [1.807, 2.05) is 6.92 Å². The van der Waals surface area contributed by atoms with Gasteiger partial charge >= 0.3 is 0 Å². The molecule has 0 saturated carbocycles. The van der Waals surface area contributed by atoms with E-state index < -0.39 is 0 Å². The van der Waals surface area contributed by atoms with Crippen LogP contribution in [0.4, 0.5) is 10.1 Å². The van der Waals surface area contributed by atoms with E-state index >= 15 is 0 Å². The molecule has 0 saturated heterocycles. The lowest BCUT2D eigenvalue weighted by molar-refractivity contribution is 0.621. The maximum absolute atomic E-state index is 13.3. The molecule has 15 heavy (non-hydrogen) atoms. The van der Waals surface area contributed by atoms with Gasteiger partial charge in [0.2, 0.25) is 0 Å².